The lowest BCUT2D eigenvalue weighted by atomic mass is 9.97. The molecule has 0 bridgehead atoms. The van der Waals surface area contributed by atoms with Crippen LogP contribution in [0.2, 0.25) is 0 Å². The average molecular weight is 229 g/mol. The number of piperazine rings is 1. The van der Waals surface area contributed by atoms with E-state index >= 15 is 0 Å². The van der Waals surface area contributed by atoms with E-state index in [0.717, 1.165) is 37.3 Å². The molecule has 90 valence electrons. The van der Waals surface area contributed by atoms with Crippen molar-refractivity contribution in [3.05, 3.63) is 29.3 Å². The van der Waals surface area contributed by atoms with E-state index in [-0.39, 0.29) is 0 Å². The number of nitriles is 1. The number of hydrogen-bond donors (Lipinski definition) is 1. The molecule has 0 saturated carbocycles. The van der Waals surface area contributed by atoms with E-state index in [9.17, 15) is 0 Å². The van der Waals surface area contributed by atoms with Crippen molar-refractivity contribution < 1.29 is 0 Å². The third kappa shape index (κ3) is 2.59. The zero-order valence-electron chi connectivity index (χ0n) is 10.5. The van der Waals surface area contributed by atoms with Crippen LogP contribution in [-0.2, 0) is 0 Å². The van der Waals surface area contributed by atoms with Crippen LogP contribution in [0.4, 0.5) is 5.69 Å². The van der Waals surface area contributed by atoms with Crippen LogP contribution in [0.3, 0.4) is 0 Å². The van der Waals surface area contributed by atoms with Gasteiger partial charge in [0.05, 0.1) is 11.6 Å². The summed E-state index contributed by atoms with van der Waals surface area (Å²) in [5.41, 5.74) is 3.21. The van der Waals surface area contributed by atoms with Gasteiger partial charge in [0.1, 0.15) is 0 Å². The maximum Gasteiger partial charge on any atom is 0.0994 e. The summed E-state index contributed by atoms with van der Waals surface area (Å²) in [6, 6.07) is 8.47. The molecule has 0 aliphatic carbocycles. The summed E-state index contributed by atoms with van der Waals surface area (Å²) in [6.07, 6.45) is 0. The number of benzene rings is 1. The Morgan fingerprint density at radius 1 is 1.29 bits per heavy atom. The van der Waals surface area contributed by atoms with Crippen LogP contribution in [0.5, 0.6) is 0 Å². The highest BCUT2D eigenvalue weighted by Crippen LogP contribution is 2.25. The van der Waals surface area contributed by atoms with Crippen molar-refractivity contribution in [3.8, 4) is 6.07 Å². The first kappa shape index (κ1) is 11.9. The van der Waals surface area contributed by atoms with E-state index in [1.807, 2.05) is 6.07 Å². The van der Waals surface area contributed by atoms with Crippen LogP contribution in [-0.4, -0.2) is 26.2 Å². The minimum atomic E-state index is 0.396. The van der Waals surface area contributed by atoms with Gasteiger partial charge in [-0.1, -0.05) is 13.8 Å². The Morgan fingerprint density at radius 2 is 2.00 bits per heavy atom. The number of anilines is 1. The monoisotopic (exact) mass is 229 g/mol. The molecule has 0 amide bonds. The zero-order valence-corrected chi connectivity index (χ0v) is 10.5. The normalized spacial score (nSPS) is 16.0. The lowest BCUT2D eigenvalue weighted by Crippen LogP contribution is -2.43. The topological polar surface area (TPSA) is 39.1 Å². The average Bonchev–Trinajstić information content (AvgIpc) is 2.39. The maximum absolute atomic E-state index is 9.09. The van der Waals surface area contributed by atoms with E-state index in [0.29, 0.717) is 5.92 Å². The molecule has 2 rings (SSSR count). The molecule has 1 aliphatic heterocycles. The Kier molecular flexibility index (Phi) is 3.65. The third-order valence-electron chi connectivity index (χ3n) is 3.26. The van der Waals surface area contributed by atoms with Gasteiger partial charge in [-0.15, -0.1) is 0 Å². The van der Waals surface area contributed by atoms with Crippen LogP contribution in [0.25, 0.3) is 0 Å². The van der Waals surface area contributed by atoms with Gasteiger partial charge >= 0.3 is 0 Å². The summed E-state index contributed by atoms with van der Waals surface area (Å²) in [7, 11) is 0. The van der Waals surface area contributed by atoms with Gasteiger partial charge in [-0.2, -0.15) is 5.26 Å². The van der Waals surface area contributed by atoms with E-state index in [4.69, 9.17) is 5.26 Å². The van der Waals surface area contributed by atoms with Crippen LogP contribution in [0.1, 0.15) is 30.9 Å². The molecule has 1 N–H and O–H groups in total. The van der Waals surface area contributed by atoms with Gasteiger partial charge in [0, 0.05) is 31.9 Å². The van der Waals surface area contributed by atoms with Gasteiger partial charge in [-0.25, -0.2) is 0 Å². The zero-order chi connectivity index (χ0) is 12.3. The molecule has 1 heterocycles. The largest absolute Gasteiger partial charge is 0.369 e. The fraction of sp³-hybridized carbons (Fsp3) is 0.500. The molecule has 1 aromatic rings. The fourth-order valence-corrected chi connectivity index (χ4v) is 2.25. The van der Waals surface area contributed by atoms with Crippen molar-refractivity contribution >= 4 is 5.69 Å². The molecular weight excluding hydrogens is 210 g/mol. The van der Waals surface area contributed by atoms with Crippen molar-refractivity contribution in [2.75, 3.05) is 31.1 Å². The van der Waals surface area contributed by atoms with Gasteiger partial charge in [0.2, 0.25) is 0 Å². The second-order valence-electron chi connectivity index (χ2n) is 4.78. The standard InChI is InChI=1S/C14H19N3/c1-11(2)14-9-13(4-3-12(14)10-15)17-7-5-16-6-8-17/h3-4,9,11,16H,5-8H2,1-2H3. The van der Waals surface area contributed by atoms with Crippen molar-refractivity contribution in [3.63, 3.8) is 0 Å². The quantitative estimate of drug-likeness (QED) is 0.844. The Morgan fingerprint density at radius 3 is 2.59 bits per heavy atom. The molecule has 1 aromatic carbocycles. The highest BCUT2D eigenvalue weighted by Gasteiger charge is 2.13. The Balaban J connectivity index is 2.30. The fourth-order valence-electron chi connectivity index (χ4n) is 2.25. The number of nitrogens with zero attached hydrogens (tertiary/aromatic N) is 2. The second-order valence-corrected chi connectivity index (χ2v) is 4.78. The Bertz CT molecular complexity index is 426. The molecule has 0 atom stereocenters. The molecule has 1 aliphatic rings. The van der Waals surface area contributed by atoms with Crippen molar-refractivity contribution in [2.24, 2.45) is 0 Å². The summed E-state index contributed by atoms with van der Waals surface area (Å²) in [5, 5.41) is 12.4. The first-order valence-corrected chi connectivity index (χ1v) is 6.22. The summed E-state index contributed by atoms with van der Waals surface area (Å²) in [6.45, 7) is 8.44. The molecule has 1 saturated heterocycles. The molecule has 17 heavy (non-hydrogen) atoms. The first-order chi connectivity index (χ1) is 8.22. The molecule has 0 aromatic heterocycles. The Hall–Kier alpha value is -1.53. The van der Waals surface area contributed by atoms with Gasteiger partial charge < -0.3 is 10.2 Å². The lowest BCUT2D eigenvalue weighted by molar-refractivity contribution is 0.589. The predicted octanol–water partition coefficient (Wildman–Crippen LogP) is 2.09. The molecule has 0 radical (unpaired) electrons. The van der Waals surface area contributed by atoms with Gasteiger partial charge in [0.25, 0.3) is 0 Å². The maximum atomic E-state index is 9.09. The molecular formula is C14H19N3. The minimum Gasteiger partial charge on any atom is -0.369 e. The van der Waals surface area contributed by atoms with Crippen molar-refractivity contribution in [1.29, 1.82) is 5.26 Å². The lowest BCUT2D eigenvalue weighted by Gasteiger charge is -2.30. The van der Waals surface area contributed by atoms with E-state index < -0.39 is 0 Å². The molecule has 0 spiro atoms. The predicted molar refractivity (Wildman–Crippen MR) is 70.3 cm³/mol. The molecule has 3 nitrogen and oxygen atoms in total. The summed E-state index contributed by atoms with van der Waals surface area (Å²) >= 11 is 0. The number of rotatable bonds is 2. The Labute approximate surface area is 103 Å². The highest BCUT2D eigenvalue weighted by molar-refractivity contribution is 5.55. The van der Waals surface area contributed by atoms with Crippen LogP contribution >= 0.6 is 0 Å². The van der Waals surface area contributed by atoms with Crippen LogP contribution < -0.4 is 10.2 Å². The van der Waals surface area contributed by atoms with Gasteiger partial charge in [-0.05, 0) is 29.7 Å². The van der Waals surface area contributed by atoms with Crippen molar-refractivity contribution in [1.82, 2.24) is 5.32 Å². The smallest absolute Gasteiger partial charge is 0.0994 e. The highest BCUT2D eigenvalue weighted by atomic mass is 15.2. The summed E-state index contributed by atoms with van der Waals surface area (Å²) in [4.78, 5) is 2.38. The minimum absolute atomic E-state index is 0.396. The van der Waals surface area contributed by atoms with E-state index in [2.05, 4.69) is 42.3 Å². The second kappa shape index (κ2) is 5.20. The molecule has 3 heteroatoms. The first-order valence-electron chi connectivity index (χ1n) is 6.22. The van der Waals surface area contributed by atoms with Crippen LogP contribution in [0, 0.1) is 11.3 Å². The number of hydrogen-bond acceptors (Lipinski definition) is 3. The van der Waals surface area contributed by atoms with E-state index in [1.165, 1.54) is 5.69 Å². The van der Waals surface area contributed by atoms with Gasteiger partial charge in [0.15, 0.2) is 0 Å². The van der Waals surface area contributed by atoms with Crippen LogP contribution in [0.15, 0.2) is 18.2 Å². The third-order valence-corrected chi connectivity index (χ3v) is 3.26. The SMILES string of the molecule is CC(C)c1cc(N2CCNCC2)ccc1C#N. The number of nitrogens with one attached hydrogen (secondary N) is 1. The van der Waals surface area contributed by atoms with E-state index in [1.54, 1.807) is 0 Å². The molecule has 1 fully saturated rings. The molecule has 0 unspecified atom stereocenters. The summed E-state index contributed by atoms with van der Waals surface area (Å²) in [5.74, 6) is 0.396. The van der Waals surface area contributed by atoms with Gasteiger partial charge in [-0.3, -0.25) is 0 Å². The van der Waals surface area contributed by atoms with Crippen molar-refractivity contribution in [2.45, 2.75) is 19.8 Å². The summed E-state index contributed by atoms with van der Waals surface area (Å²) < 4.78 is 0.